The van der Waals surface area contributed by atoms with Crippen LogP contribution in [0.15, 0.2) is 36.4 Å². The van der Waals surface area contributed by atoms with Gasteiger partial charge in [0.2, 0.25) is 5.91 Å². The van der Waals surface area contributed by atoms with Gasteiger partial charge in [-0.2, -0.15) is 5.10 Å². The fourth-order valence-electron chi connectivity index (χ4n) is 2.28. The maximum Gasteiger partial charge on any atom is 0.225 e. The molecule has 0 aliphatic carbocycles. The number of hydrogen-bond donors (Lipinski definition) is 2. The Kier molecular flexibility index (Phi) is 3.78. The smallest absolute Gasteiger partial charge is 0.225 e. The molecule has 1 atom stereocenters. The van der Waals surface area contributed by atoms with Crippen LogP contribution in [-0.4, -0.2) is 29.3 Å². The van der Waals surface area contributed by atoms with Crippen LogP contribution in [-0.2, 0) is 16.1 Å². The molecule has 5 nitrogen and oxygen atoms in total. The summed E-state index contributed by atoms with van der Waals surface area (Å²) in [4.78, 5) is 11.9. The Morgan fingerprint density at radius 2 is 2.25 bits per heavy atom. The molecule has 3 rings (SSSR count). The van der Waals surface area contributed by atoms with Crippen molar-refractivity contribution in [1.29, 1.82) is 0 Å². The van der Waals surface area contributed by atoms with Crippen LogP contribution >= 0.6 is 0 Å². The molecule has 2 N–H and O–H groups in total. The zero-order chi connectivity index (χ0) is 13.8. The summed E-state index contributed by atoms with van der Waals surface area (Å²) >= 11 is 0. The van der Waals surface area contributed by atoms with Crippen molar-refractivity contribution in [1.82, 2.24) is 15.5 Å². The summed E-state index contributed by atoms with van der Waals surface area (Å²) in [6.45, 7) is 1.68. The average molecular weight is 271 g/mol. The van der Waals surface area contributed by atoms with Gasteiger partial charge in [0, 0.05) is 12.2 Å². The molecule has 20 heavy (non-hydrogen) atoms. The Morgan fingerprint density at radius 1 is 1.40 bits per heavy atom. The summed E-state index contributed by atoms with van der Waals surface area (Å²) < 4.78 is 5.21. The molecule has 1 saturated heterocycles. The Hall–Kier alpha value is -2.14. The molecule has 1 amide bonds. The van der Waals surface area contributed by atoms with Crippen molar-refractivity contribution in [2.45, 2.75) is 13.0 Å². The molecular weight excluding hydrogens is 254 g/mol. The van der Waals surface area contributed by atoms with E-state index >= 15 is 0 Å². The van der Waals surface area contributed by atoms with Gasteiger partial charge < -0.3 is 10.1 Å². The fourth-order valence-corrected chi connectivity index (χ4v) is 2.28. The Morgan fingerprint density at radius 3 is 3.00 bits per heavy atom. The molecule has 1 fully saturated rings. The summed E-state index contributed by atoms with van der Waals surface area (Å²) in [6, 6.07) is 11.9. The SMILES string of the molecule is O=C(NCc1cc(-c2ccccc2)n[nH]1)C1CCOC1. The fraction of sp³-hybridized carbons (Fsp3) is 0.333. The second-order valence-electron chi connectivity index (χ2n) is 4.92. The van der Waals surface area contributed by atoms with Gasteiger partial charge in [0.1, 0.15) is 0 Å². The average Bonchev–Trinajstić information content (AvgIpc) is 3.17. The van der Waals surface area contributed by atoms with Crippen molar-refractivity contribution in [3.63, 3.8) is 0 Å². The number of aromatic nitrogens is 2. The second-order valence-corrected chi connectivity index (χ2v) is 4.92. The summed E-state index contributed by atoms with van der Waals surface area (Å²) in [5.74, 6) is 0.0462. The predicted molar refractivity (Wildman–Crippen MR) is 74.8 cm³/mol. The molecular formula is C15H17N3O2. The van der Waals surface area contributed by atoms with Crippen molar-refractivity contribution in [3.05, 3.63) is 42.1 Å². The topological polar surface area (TPSA) is 67.0 Å². The van der Waals surface area contributed by atoms with E-state index in [-0.39, 0.29) is 11.8 Å². The molecule has 0 bridgehead atoms. The molecule has 104 valence electrons. The van der Waals surface area contributed by atoms with E-state index < -0.39 is 0 Å². The minimum atomic E-state index is -0.00786. The van der Waals surface area contributed by atoms with Crippen LogP contribution in [0.1, 0.15) is 12.1 Å². The third-order valence-corrected chi connectivity index (χ3v) is 3.45. The zero-order valence-electron chi connectivity index (χ0n) is 11.1. The van der Waals surface area contributed by atoms with E-state index in [0.717, 1.165) is 23.4 Å². The van der Waals surface area contributed by atoms with Gasteiger partial charge in [-0.1, -0.05) is 30.3 Å². The van der Waals surface area contributed by atoms with Gasteiger partial charge in [-0.15, -0.1) is 0 Å². The number of rotatable bonds is 4. The molecule has 5 heteroatoms. The quantitative estimate of drug-likeness (QED) is 0.890. The molecule has 2 aromatic rings. The van der Waals surface area contributed by atoms with Gasteiger partial charge in [0.05, 0.1) is 30.5 Å². The summed E-state index contributed by atoms with van der Waals surface area (Å²) in [6.07, 6.45) is 0.810. The second kappa shape index (κ2) is 5.88. The van der Waals surface area contributed by atoms with E-state index in [4.69, 9.17) is 4.74 Å². The standard InChI is InChI=1S/C15H17N3O2/c19-15(12-6-7-20-10-12)16-9-13-8-14(18-17-13)11-4-2-1-3-5-11/h1-5,8,12H,6-7,9-10H2,(H,16,19)(H,17,18). The van der Waals surface area contributed by atoms with E-state index in [1.54, 1.807) is 0 Å². The molecule has 1 unspecified atom stereocenters. The number of nitrogens with one attached hydrogen (secondary N) is 2. The lowest BCUT2D eigenvalue weighted by molar-refractivity contribution is -0.125. The van der Waals surface area contributed by atoms with Gasteiger partial charge in [-0.05, 0) is 12.5 Å². The highest BCUT2D eigenvalue weighted by Crippen LogP contribution is 2.17. The van der Waals surface area contributed by atoms with Gasteiger partial charge in [0.25, 0.3) is 0 Å². The van der Waals surface area contributed by atoms with Crippen LogP contribution in [0.5, 0.6) is 0 Å². The molecule has 2 heterocycles. The van der Waals surface area contributed by atoms with Crippen molar-refractivity contribution in [2.24, 2.45) is 5.92 Å². The Bertz CT molecular complexity index is 574. The molecule has 1 aliphatic heterocycles. The first-order chi connectivity index (χ1) is 9.83. The number of carbonyl (C=O) groups excluding carboxylic acids is 1. The maximum atomic E-state index is 11.9. The number of ether oxygens (including phenoxy) is 1. The van der Waals surface area contributed by atoms with Crippen LogP contribution in [0.3, 0.4) is 0 Å². The van der Waals surface area contributed by atoms with Crippen molar-refractivity contribution in [3.8, 4) is 11.3 Å². The predicted octanol–water partition coefficient (Wildman–Crippen LogP) is 1.73. The first kappa shape index (κ1) is 12.9. The van der Waals surface area contributed by atoms with Gasteiger partial charge in [-0.25, -0.2) is 0 Å². The third kappa shape index (κ3) is 2.88. The summed E-state index contributed by atoms with van der Waals surface area (Å²) in [5.41, 5.74) is 2.85. The lowest BCUT2D eigenvalue weighted by Gasteiger charge is -2.07. The van der Waals surface area contributed by atoms with Crippen LogP contribution in [0, 0.1) is 5.92 Å². The van der Waals surface area contributed by atoms with Crippen LogP contribution in [0.4, 0.5) is 0 Å². The van der Waals surface area contributed by atoms with E-state index in [9.17, 15) is 4.79 Å². The molecule has 1 aromatic heterocycles. The normalized spacial score (nSPS) is 18.1. The first-order valence-electron chi connectivity index (χ1n) is 6.78. The van der Waals surface area contributed by atoms with Crippen molar-refractivity contribution in [2.75, 3.05) is 13.2 Å². The van der Waals surface area contributed by atoms with E-state index in [1.165, 1.54) is 0 Å². The highest BCUT2D eigenvalue weighted by molar-refractivity contribution is 5.79. The van der Waals surface area contributed by atoms with E-state index in [1.807, 2.05) is 36.4 Å². The van der Waals surface area contributed by atoms with Gasteiger partial charge in [0.15, 0.2) is 0 Å². The summed E-state index contributed by atoms with van der Waals surface area (Å²) in [7, 11) is 0. The lowest BCUT2D eigenvalue weighted by Crippen LogP contribution is -2.30. The maximum absolute atomic E-state index is 11.9. The number of carbonyl (C=O) groups is 1. The van der Waals surface area contributed by atoms with E-state index in [2.05, 4.69) is 15.5 Å². The molecule has 0 saturated carbocycles. The minimum absolute atomic E-state index is 0.00786. The monoisotopic (exact) mass is 271 g/mol. The van der Waals surface area contributed by atoms with Crippen LogP contribution in [0.2, 0.25) is 0 Å². The number of nitrogens with zero attached hydrogens (tertiary/aromatic N) is 1. The first-order valence-corrected chi connectivity index (χ1v) is 6.78. The van der Waals surface area contributed by atoms with Crippen molar-refractivity contribution >= 4 is 5.91 Å². The number of benzene rings is 1. The third-order valence-electron chi connectivity index (χ3n) is 3.45. The Labute approximate surface area is 117 Å². The van der Waals surface area contributed by atoms with Gasteiger partial charge >= 0.3 is 0 Å². The number of amides is 1. The van der Waals surface area contributed by atoms with Crippen LogP contribution in [0.25, 0.3) is 11.3 Å². The number of aromatic amines is 1. The molecule has 0 radical (unpaired) electrons. The molecule has 1 aliphatic rings. The van der Waals surface area contributed by atoms with Crippen molar-refractivity contribution < 1.29 is 9.53 Å². The van der Waals surface area contributed by atoms with Gasteiger partial charge in [-0.3, -0.25) is 9.89 Å². The largest absolute Gasteiger partial charge is 0.381 e. The van der Waals surface area contributed by atoms with E-state index in [0.29, 0.717) is 19.8 Å². The molecule has 1 aromatic carbocycles. The molecule has 0 spiro atoms. The number of H-pyrrole nitrogens is 1. The Balaban J connectivity index is 1.59. The number of hydrogen-bond acceptors (Lipinski definition) is 3. The van der Waals surface area contributed by atoms with Crippen LogP contribution < -0.4 is 5.32 Å². The highest BCUT2D eigenvalue weighted by Gasteiger charge is 2.23. The summed E-state index contributed by atoms with van der Waals surface area (Å²) in [5, 5.41) is 10.1. The lowest BCUT2D eigenvalue weighted by atomic mass is 10.1. The highest BCUT2D eigenvalue weighted by atomic mass is 16.5. The minimum Gasteiger partial charge on any atom is -0.381 e. The zero-order valence-corrected chi connectivity index (χ0v) is 11.1.